The van der Waals surface area contributed by atoms with Crippen LogP contribution in [0.25, 0.3) is 0 Å². The van der Waals surface area contributed by atoms with Crippen LogP contribution < -0.4 is 5.32 Å². The van der Waals surface area contributed by atoms with Crippen LogP contribution in [0.2, 0.25) is 0 Å². The van der Waals surface area contributed by atoms with E-state index < -0.39 is 12.1 Å². The smallest absolute Gasteiger partial charge is 0.249 e. The Bertz CT molecular complexity index is 699. The summed E-state index contributed by atoms with van der Waals surface area (Å²) in [6.45, 7) is 6.46. The number of aryl methyl sites for hydroxylation is 1. The fraction of sp³-hybridized carbons (Fsp3) is 0.474. The second kappa shape index (κ2) is 8.76. The minimum absolute atomic E-state index is 0.249. The highest BCUT2D eigenvalue weighted by molar-refractivity contribution is 5.81. The summed E-state index contributed by atoms with van der Waals surface area (Å²) in [6, 6.07) is 5.63. The molecule has 2 atom stereocenters. The van der Waals surface area contributed by atoms with Gasteiger partial charge in [0.05, 0.1) is 0 Å². The zero-order chi connectivity index (χ0) is 18.4. The van der Waals surface area contributed by atoms with Crippen LogP contribution >= 0.6 is 0 Å². The van der Waals surface area contributed by atoms with Gasteiger partial charge in [-0.3, -0.25) is 4.79 Å². The Labute approximate surface area is 148 Å². The van der Waals surface area contributed by atoms with E-state index in [1.807, 2.05) is 7.05 Å². The molecule has 25 heavy (non-hydrogen) atoms. The molecule has 1 amide bonds. The van der Waals surface area contributed by atoms with Crippen molar-refractivity contribution in [3.8, 4) is 0 Å². The van der Waals surface area contributed by atoms with Gasteiger partial charge in [0.15, 0.2) is 0 Å². The average Bonchev–Trinajstić information content (AvgIpc) is 2.97. The van der Waals surface area contributed by atoms with Crippen molar-refractivity contribution in [1.82, 2.24) is 14.9 Å². The Morgan fingerprint density at radius 2 is 2.12 bits per heavy atom. The molecule has 0 fully saturated rings. The first kappa shape index (κ1) is 19.1. The quantitative estimate of drug-likeness (QED) is 0.798. The van der Waals surface area contributed by atoms with Gasteiger partial charge in [0.1, 0.15) is 23.8 Å². The van der Waals surface area contributed by atoms with Crippen LogP contribution in [0.1, 0.15) is 44.6 Å². The number of nitrogens with one attached hydrogen (secondary N) is 1. The molecular weight excluding hydrogens is 321 g/mol. The molecule has 0 saturated heterocycles. The van der Waals surface area contributed by atoms with E-state index >= 15 is 0 Å². The van der Waals surface area contributed by atoms with E-state index in [0.717, 1.165) is 6.42 Å². The van der Waals surface area contributed by atoms with Crippen LogP contribution in [0, 0.1) is 11.7 Å². The van der Waals surface area contributed by atoms with E-state index in [9.17, 15) is 9.18 Å². The van der Waals surface area contributed by atoms with Crippen molar-refractivity contribution in [2.75, 3.05) is 6.61 Å². The molecule has 136 valence electrons. The van der Waals surface area contributed by atoms with Crippen molar-refractivity contribution in [2.24, 2.45) is 13.0 Å². The molecule has 0 aliphatic heterocycles. The lowest BCUT2D eigenvalue weighted by Crippen LogP contribution is -2.38. The molecule has 0 unspecified atom stereocenters. The van der Waals surface area contributed by atoms with Gasteiger partial charge in [-0.25, -0.2) is 9.37 Å². The van der Waals surface area contributed by atoms with Crippen molar-refractivity contribution in [2.45, 2.75) is 39.3 Å². The summed E-state index contributed by atoms with van der Waals surface area (Å²) in [5, 5.41) is 2.93. The van der Waals surface area contributed by atoms with Crippen LogP contribution in [-0.2, 0) is 16.6 Å². The normalized spacial score (nSPS) is 13.7. The minimum atomic E-state index is -0.588. The zero-order valence-electron chi connectivity index (χ0n) is 15.2. The predicted octanol–water partition coefficient (Wildman–Crippen LogP) is 3.22. The third-order valence-corrected chi connectivity index (χ3v) is 4.02. The molecule has 0 radical (unpaired) electrons. The maximum Gasteiger partial charge on any atom is 0.249 e. The Morgan fingerprint density at radius 3 is 2.72 bits per heavy atom. The third kappa shape index (κ3) is 5.39. The second-order valence-electron chi connectivity index (χ2n) is 6.59. The molecule has 0 saturated carbocycles. The lowest BCUT2D eigenvalue weighted by Gasteiger charge is -2.22. The predicted molar refractivity (Wildman–Crippen MR) is 94.5 cm³/mol. The zero-order valence-corrected chi connectivity index (χ0v) is 15.2. The lowest BCUT2D eigenvalue weighted by molar-refractivity contribution is -0.132. The average molecular weight is 347 g/mol. The maximum absolute atomic E-state index is 13.6. The molecular formula is C19H26FN3O2. The summed E-state index contributed by atoms with van der Waals surface area (Å²) >= 11 is 0. The van der Waals surface area contributed by atoms with E-state index in [1.165, 1.54) is 12.1 Å². The van der Waals surface area contributed by atoms with Gasteiger partial charge in [-0.1, -0.05) is 26.0 Å². The number of halogens is 1. The Morgan fingerprint density at radius 1 is 1.36 bits per heavy atom. The summed E-state index contributed by atoms with van der Waals surface area (Å²) in [4.78, 5) is 16.8. The SMILES string of the molecule is CC(C)CCO[C@@H](C)C(=O)N[C@H](c1cccc(F)c1)c1nccn1C. The minimum Gasteiger partial charge on any atom is -0.369 e. The Kier molecular flexibility index (Phi) is 6.70. The van der Waals surface area contributed by atoms with E-state index in [1.54, 1.807) is 36.0 Å². The highest BCUT2D eigenvalue weighted by Gasteiger charge is 2.24. The third-order valence-electron chi connectivity index (χ3n) is 4.02. The number of ether oxygens (including phenoxy) is 1. The number of amides is 1. The first-order valence-electron chi connectivity index (χ1n) is 8.53. The number of carbonyl (C=O) groups excluding carboxylic acids is 1. The van der Waals surface area contributed by atoms with Gasteiger partial charge in [0, 0.05) is 26.0 Å². The van der Waals surface area contributed by atoms with E-state index in [0.29, 0.717) is 23.9 Å². The van der Waals surface area contributed by atoms with Crippen LogP contribution in [-0.4, -0.2) is 28.2 Å². The van der Waals surface area contributed by atoms with Gasteiger partial charge in [0.25, 0.3) is 0 Å². The Balaban J connectivity index is 2.14. The summed E-state index contributed by atoms with van der Waals surface area (Å²) in [5.41, 5.74) is 0.636. The largest absolute Gasteiger partial charge is 0.369 e. The molecule has 1 N–H and O–H groups in total. The fourth-order valence-electron chi connectivity index (χ4n) is 2.45. The lowest BCUT2D eigenvalue weighted by atomic mass is 10.1. The van der Waals surface area contributed by atoms with E-state index in [4.69, 9.17) is 4.74 Å². The molecule has 1 aromatic carbocycles. The van der Waals surface area contributed by atoms with Crippen molar-refractivity contribution in [3.63, 3.8) is 0 Å². The number of aromatic nitrogens is 2. The first-order chi connectivity index (χ1) is 11.9. The highest BCUT2D eigenvalue weighted by atomic mass is 19.1. The molecule has 0 aliphatic rings. The molecule has 2 aromatic rings. The van der Waals surface area contributed by atoms with Crippen LogP contribution in [0.5, 0.6) is 0 Å². The molecule has 0 aliphatic carbocycles. The molecule has 2 rings (SSSR count). The molecule has 0 spiro atoms. The monoisotopic (exact) mass is 347 g/mol. The number of carbonyl (C=O) groups is 1. The summed E-state index contributed by atoms with van der Waals surface area (Å²) < 4.78 is 21.1. The summed E-state index contributed by atoms with van der Waals surface area (Å²) in [5.74, 6) is 0.546. The standard InChI is InChI=1S/C19H26FN3O2/c1-13(2)8-11-25-14(3)19(24)22-17(18-21-9-10-23(18)4)15-6-5-7-16(20)12-15/h5-7,9-10,12-14,17H,8,11H2,1-4H3,(H,22,24)/t14-,17+/m0/s1. The van der Waals surface area contributed by atoms with Crippen LogP contribution in [0.4, 0.5) is 4.39 Å². The number of nitrogens with zero attached hydrogens (tertiary/aromatic N) is 2. The summed E-state index contributed by atoms with van der Waals surface area (Å²) in [6.07, 6.45) is 3.74. The van der Waals surface area contributed by atoms with Gasteiger partial charge in [-0.2, -0.15) is 0 Å². The molecule has 1 heterocycles. The van der Waals surface area contributed by atoms with Crippen molar-refractivity contribution >= 4 is 5.91 Å². The van der Waals surface area contributed by atoms with Crippen molar-refractivity contribution < 1.29 is 13.9 Å². The van der Waals surface area contributed by atoms with E-state index in [-0.39, 0.29) is 11.7 Å². The highest BCUT2D eigenvalue weighted by Crippen LogP contribution is 2.21. The van der Waals surface area contributed by atoms with Crippen LogP contribution in [0.15, 0.2) is 36.7 Å². The number of benzene rings is 1. The summed E-state index contributed by atoms with van der Waals surface area (Å²) in [7, 11) is 1.84. The number of hydrogen-bond acceptors (Lipinski definition) is 3. The van der Waals surface area contributed by atoms with E-state index in [2.05, 4.69) is 24.1 Å². The van der Waals surface area contributed by atoms with Crippen molar-refractivity contribution in [1.29, 1.82) is 0 Å². The maximum atomic E-state index is 13.6. The molecule has 0 bridgehead atoms. The van der Waals surface area contributed by atoms with Gasteiger partial charge in [-0.05, 0) is 37.0 Å². The fourth-order valence-corrected chi connectivity index (χ4v) is 2.45. The first-order valence-corrected chi connectivity index (χ1v) is 8.53. The van der Waals surface area contributed by atoms with Crippen molar-refractivity contribution in [3.05, 3.63) is 53.9 Å². The Hall–Kier alpha value is -2.21. The number of imidazole rings is 1. The second-order valence-corrected chi connectivity index (χ2v) is 6.59. The molecule has 6 heteroatoms. The number of rotatable bonds is 8. The van der Waals surface area contributed by atoms with Gasteiger partial charge < -0.3 is 14.6 Å². The number of hydrogen-bond donors (Lipinski definition) is 1. The van der Waals surface area contributed by atoms with Crippen LogP contribution in [0.3, 0.4) is 0 Å². The van der Waals surface area contributed by atoms with Gasteiger partial charge in [0.2, 0.25) is 5.91 Å². The molecule has 1 aromatic heterocycles. The van der Waals surface area contributed by atoms with Gasteiger partial charge in [-0.15, -0.1) is 0 Å². The molecule has 5 nitrogen and oxygen atoms in total. The van der Waals surface area contributed by atoms with Gasteiger partial charge >= 0.3 is 0 Å². The topological polar surface area (TPSA) is 56.1 Å².